The highest BCUT2D eigenvalue weighted by molar-refractivity contribution is 5.73. The Labute approximate surface area is 127 Å². The topological polar surface area (TPSA) is 18.5 Å². The third-order valence-electron chi connectivity index (χ3n) is 3.26. The van der Waals surface area contributed by atoms with Gasteiger partial charge in [0.05, 0.1) is 13.2 Å². The Morgan fingerprint density at radius 2 is 1.52 bits per heavy atom. The fourth-order valence-corrected chi connectivity index (χ4v) is 2.27. The van der Waals surface area contributed by atoms with Crippen LogP contribution in [-0.4, -0.2) is 13.2 Å². The van der Waals surface area contributed by atoms with Crippen LogP contribution in [0.15, 0.2) is 42.5 Å². The first-order valence-corrected chi connectivity index (χ1v) is 7.72. The average Bonchev–Trinajstić information content (AvgIpc) is 2.52. The van der Waals surface area contributed by atoms with Crippen molar-refractivity contribution in [2.45, 2.75) is 33.6 Å². The molecule has 0 aliphatic heterocycles. The van der Waals surface area contributed by atoms with Gasteiger partial charge >= 0.3 is 0 Å². The standard InChI is InChI=1S/C19H24O2/c1-4-11-20-17-13-15(3)19(21-12-5-2)18(14-17)16-9-7-6-8-10-16/h6-10,13-14H,4-5,11-12H2,1-3H3. The predicted molar refractivity (Wildman–Crippen MR) is 88.2 cm³/mol. The normalized spacial score (nSPS) is 10.4. The highest BCUT2D eigenvalue weighted by Crippen LogP contribution is 2.37. The second-order valence-electron chi connectivity index (χ2n) is 5.18. The second-order valence-corrected chi connectivity index (χ2v) is 5.18. The van der Waals surface area contributed by atoms with E-state index in [0.29, 0.717) is 0 Å². The maximum Gasteiger partial charge on any atom is 0.130 e. The Bertz CT molecular complexity index is 561. The number of hydrogen-bond acceptors (Lipinski definition) is 2. The summed E-state index contributed by atoms with van der Waals surface area (Å²) in [4.78, 5) is 0. The van der Waals surface area contributed by atoms with Crippen molar-refractivity contribution in [2.75, 3.05) is 13.2 Å². The molecule has 0 aliphatic rings. The van der Waals surface area contributed by atoms with Gasteiger partial charge in [-0.1, -0.05) is 44.2 Å². The fourth-order valence-electron chi connectivity index (χ4n) is 2.27. The fraction of sp³-hybridized carbons (Fsp3) is 0.368. The van der Waals surface area contributed by atoms with Gasteiger partial charge in [-0.05, 0) is 43.0 Å². The molecule has 0 bridgehead atoms. The molecule has 2 rings (SSSR count). The Hall–Kier alpha value is -1.96. The molecule has 0 radical (unpaired) electrons. The first kappa shape index (κ1) is 15.4. The lowest BCUT2D eigenvalue weighted by Gasteiger charge is -2.16. The monoisotopic (exact) mass is 284 g/mol. The van der Waals surface area contributed by atoms with Crippen molar-refractivity contribution in [3.63, 3.8) is 0 Å². The predicted octanol–water partition coefficient (Wildman–Crippen LogP) is 5.24. The minimum Gasteiger partial charge on any atom is -0.494 e. The first-order valence-electron chi connectivity index (χ1n) is 7.72. The number of ether oxygens (including phenoxy) is 2. The van der Waals surface area contributed by atoms with Gasteiger partial charge in [0, 0.05) is 5.56 Å². The minimum atomic E-state index is 0.732. The molecule has 112 valence electrons. The zero-order chi connectivity index (χ0) is 15.1. The Morgan fingerprint density at radius 1 is 0.857 bits per heavy atom. The summed E-state index contributed by atoms with van der Waals surface area (Å²) in [5, 5.41) is 0. The van der Waals surface area contributed by atoms with Crippen LogP contribution in [0.4, 0.5) is 0 Å². The molecule has 0 fully saturated rings. The Balaban J connectivity index is 2.43. The molecule has 0 N–H and O–H groups in total. The van der Waals surface area contributed by atoms with E-state index >= 15 is 0 Å². The van der Waals surface area contributed by atoms with Crippen LogP contribution in [0.25, 0.3) is 11.1 Å². The zero-order valence-corrected chi connectivity index (χ0v) is 13.2. The highest BCUT2D eigenvalue weighted by Gasteiger charge is 2.12. The van der Waals surface area contributed by atoms with E-state index in [0.717, 1.165) is 54.2 Å². The maximum atomic E-state index is 5.98. The average molecular weight is 284 g/mol. The lowest BCUT2D eigenvalue weighted by molar-refractivity contribution is 0.308. The van der Waals surface area contributed by atoms with Crippen LogP contribution < -0.4 is 9.47 Å². The number of aryl methyl sites for hydroxylation is 1. The van der Waals surface area contributed by atoms with E-state index in [9.17, 15) is 0 Å². The second kappa shape index (κ2) is 7.72. The van der Waals surface area contributed by atoms with Gasteiger partial charge in [0.1, 0.15) is 11.5 Å². The molecule has 0 amide bonds. The van der Waals surface area contributed by atoms with Gasteiger partial charge in [-0.2, -0.15) is 0 Å². The van der Waals surface area contributed by atoms with Gasteiger partial charge < -0.3 is 9.47 Å². The summed E-state index contributed by atoms with van der Waals surface area (Å²) in [6, 6.07) is 14.5. The van der Waals surface area contributed by atoms with Gasteiger partial charge in [-0.3, -0.25) is 0 Å². The highest BCUT2D eigenvalue weighted by atomic mass is 16.5. The van der Waals surface area contributed by atoms with Crippen LogP contribution in [0.3, 0.4) is 0 Å². The summed E-state index contributed by atoms with van der Waals surface area (Å²) in [7, 11) is 0. The molecule has 2 aromatic carbocycles. The van der Waals surface area contributed by atoms with Crippen molar-refractivity contribution >= 4 is 0 Å². The molecule has 0 aromatic heterocycles. The Kier molecular flexibility index (Phi) is 5.68. The van der Waals surface area contributed by atoms with Crippen LogP contribution in [0.5, 0.6) is 11.5 Å². The molecule has 2 aromatic rings. The van der Waals surface area contributed by atoms with E-state index in [1.807, 2.05) is 18.2 Å². The summed E-state index contributed by atoms with van der Waals surface area (Å²) in [5.74, 6) is 1.88. The molecule has 0 aliphatic carbocycles. The molecule has 21 heavy (non-hydrogen) atoms. The van der Waals surface area contributed by atoms with Crippen LogP contribution in [0, 0.1) is 6.92 Å². The number of hydrogen-bond donors (Lipinski definition) is 0. The van der Waals surface area contributed by atoms with E-state index in [1.165, 1.54) is 0 Å². The lowest BCUT2D eigenvalue weighted by Crippen LogP contribution is -2.01. The summed E-state index contributed by atoms with van der Waals surface area (Å²) < 4.78 is 11.8. The Morgan fingerprint density at radius 3 is 2.19 bits per heavy atom. The van der Waals surface area contributed by atoms with Crippen LogP contribution >= 0.6 is 0 Å². The van der Waals surface area contributed by atoms with Crippen LogP contribution in [0.2, 0.25) is 0 Å². The molecule has 2 heteroatoms. The molecule has 0 unspecified atom stereocenters. The summed E-state index contributed by atoms with van der Waals surface area (Å²) in [5.41, 5.74) is 3.39. The number of benzene rings is 2. The van der Waals surface area contributed by atoms with Crippen molar-refractivity contribution in [2.24, 2.45) is 0 Å². The van der Waals surface area contributed by atoms with E-state index in [2.05, 4.69) is 45.0 Å². The third kappa shape index (κ3) is 4.01. The maximum absolute atomic E-state index is 5.98. The van der Waals surface area contributed by atoms with Crippen molar-refractivity contribution in [1.82, 2.24) is 0 Å². The zero-order valence-electron chi connectivity index (χ0n) is 13.2. The van der Waals surface area contributed by atoms with Gasteiger partial charge in [0.2, 0.25) is 0 Å². The molecule has 0 spiro atoms. The van der Waals surface area contributed by atoms with Crippen LogP contribution in [0.1, 0.15) is 32.3 Å². The molecular formula is C19H24O2. The van der Waals surface area contributed by atoms with Gasteiger partial charge in [-0.15, -0.1) is 0 Å². The minimum absolute atomic E-state index is 0.732. The van der Waals surface area contributed by atoms with Crippen molar-refractivity contribution < 1.29 is 9.47 Å². The lowest BCUT2D eigenvalue weighted by atomic mass is 10.0. The molecule has 2 nitrogen and oxygen atoms in total. The first-order chi connectivity index (χ1) is 10.3. The molecular weight excluding hydrogens is 260 g/mol. The van der Waals surface area contributed by atoms with E-state index < -0.39 is 0 Å². The van der Waals surface area contributed by atoms with E-state index in [1.54, 1.807) is 0 Å². The van der Waals surface area contributed by atoms with Crippen molar-refractivity contribution in [3.05, 3.63) is 48.0 Å². The molecule has 0 atom stereocenters. The smallest absolute Gasteiger partial charge is 0.130 e. The number of rotatable bonds is 7. The summed E-state index contributed by atoms with van der Waals surface area (Å²) >= 11 is 0. The third-order valence-corrected chi connectivity index (χ3v) is 3.26. The van der Waals surface area contributed by atoms with Crippen LogP contribution in [-0.2, 0) is 0 Å². The molecule has 0 heterocycles. The largest absolute Gasteiger partial charge is 0.494 e. The van der Waals surface area contributed by atoms with Gasteiger partial charge in [0.15, 0.2) is 0 Å². The van der Waals surface area contributed by atoms with Crippen molar-refractivity contribution in [1.29, 1.82) is 0 Å². The SMILES string of the molecule is CCCOc1cc(C)c(OCCC)c(-c2ccccc2)c1. The molecule has 0 saturated carbocycles. The van der Waals surface area contributed by atoms with E-state index in [-0.39, 0.29) is 0 Å². The summed E-state index contributed by atoms with van der Waals surface area (Å²) in [6.07, 6.45) is 2.01. The van der Waals surface area contributed by atoms with Gasteiger partial charge in [0.25, 0.3) is 0 Å². The molecule has 0 saturated heterocycles. The van der Waals surface area contributed by atoms with E-state index in [4.69, 9.17) is 9.47 Å². The quantitative estimate of drug-likeness (QED) is 0.692. The summed E-state index contributed by atoms with van der Waals surface area (Å²) in [6.45, 7) is 7.79. The van der Waals surface area contributed by atoms with Crippen molar-refractivity contribution in [3.8, 4) is 22.6 Å². The van der Waals surface area contributed by atoms with Gasteiger partial charge in [-0.25, -0.2) is 0 Å².